The number of H-pyrrole nitrogens is 2. The van der Waals surface area contributed by atoms with Gasteiger partial charge in [0.1, 0.15) is 11.4 Å². The van der Waals surface area contributed by atoms with Crippen LogP contribution in [-0.4, -0.2) is 28.9 Å². The Hall–Kier alpha value is -3.28. The lowest BCUT2D eigenvalue weighted by molar-refractivity contribution is -0.140. The first-order chi connectivity index (χ1) is 14.9. The van der Waals surface area contributed by atoms with E-state index in [1.54, 1.807) is 0 Å². The minimum Gasteiger partial charge on any atom is -0.488 e. The van der Waals surface area contributed by atoms with Gasteiger partial charge in [-0.05, 0) is 49.4 Å². The molecule has 6 heteroatoms. The van der Waals surface area contributed by atoms with Gasteiger partial charge in [-0.1, -0.05) is 42.5 Å². The molecular weight excluding hydrogens is 392 g/mol. The van der Waals surface area contributed by atoms with Crippen molar-refractivity contribution in [3.05, 3.63) is 86.8 Å². The largest absolute Gasteiger partial charge is 0.488 e. The molecule has 162 valence electrons. The van der Waals surface area contributed by atoms with Crippen molar-refractivity contribution >= 4 is 5.97 Å². The molecule has 6 nitrogen and oxygen atoms in total. The molecule has 4 rings (SSSR count). The molecule has 3 aromatic rings. The van der Waals surface area contributed by atoms with Gasteiger partial charge in [0.25, 0.3) is 5.56 Å². The fraction of sp³-hybridized carbons (Fsp3) is 0.360. The van der Waals surface area contributed by atoms with E-state index in [1.165, 1.54) is 12.7 Å². The van der Waals surface area contributed by atoms with Crippen LogP contribution in [0.4, 0.5) is 0 Å². The zero-order chi connectivity index (χ0) is 22.0. The van der Waals surface area contributed by atoms with Gasteiger partial charge in [-0.2, -0.15) is 0 Å². The molecule has 1 aromatic heterocycles. The number of carbonyl (C=O) groups is 1. The number of nitrogens with one attached hydrogen (secondary N) is 2. The summed E-state index contributed by atoms with van der Waals surface area (Å²) in [5.74, 6) is 0.185. The molecule has 0 aliphatic carbocycles. The van der Waals surface area contributed by atoms with Crippen LogP contribution >= 0.6 is 0 Å². The zero-order valence-corrected chi connectivity index (χ0v) is 18.2. The van der Waals surface area contributed by atoms with E-state index in [1.807, 2.05) is 42.5 Å². The number of aryl methyl sites for hydroxylation is 1. The number of aromatic amines is 2. The highest BCUT2D eigenvalue weighted by Crippen LogP contribution is 2.34. The summed E-state index contributed by atoms with van der Waals surface area (Å²) in [4.78, 5) is 24.9. The van der Waals surface area contributed by atoms with Gasteiger partial charge < -0.3 is 14.6 Å². The summed E-state index contributed by atoms with van der Waals surface area (Å²) in [6, 6.07) is 15.8. The molecule has 2 heterocycles. The maximum Gasteiger partial charge on any atom is 0.306 e. The molecular formula is C25H28N2O4. The Morgan fingerprint density at radius 2 is 1.94 bits per heavy atom. The molecule has 1 aliphatic rings. The van der Waals surface area contributed by atoms with E-state index in [0.29, 0.717) is 12.0 Å². The second-order valence-corrected chi connectivity index (χ2v) is 8.70. The standard InChI is InChI=1S/C25H28N2O4/c1-25(2)12-11-18-13-16(9-10-21(18)31-25)14-20-23(24(29)27-26-20)19(15-22(28)30-3)17-7-5-4-6-8-17/h4-10,13,19H,11-12,14-15H2,1-3H3,(H2,26,27,29). The van der Waals surface area contributed by atoms with Crippen molar-refractivity contribution in [1.82, 2.24) is 10.2 Å². The predicted octanol–water partition coefficient (Wildman–Crippen LogP) is 4.09. The lowest BCUT2D eigenvalue weighted by Gasteiger charge is -2.32. The molecule has 0 amide bonds. The van der Waals surface area contributed by atoms with Crippen molar-refractivity contribution in [2.75, 3.05) is 7.11 Å². The number of carbonyl (C=O) groups excluding carboxylic acids is 1. The number of fused-ring (bicyclic) bond motifs is 1. The van der Waals surface area contributed by atoms with Gasteiger partial charge in [0.2, 0.25) is 0 Å². The molecule has 2 aromatic carbocycles. The van der Waals surface area contributed by atoms with E-state index >= 15 is 0 Å². The molecule has 31 heavy (non-hydrogen) atoms. The third-order valence-electron chi connectivity index (χ3n) is 5.93. The Morgan fingerprint density at radius 1 is 1.16 bits per heavy atom. The monoisotopic (exact) mass is 420 g/mol. The second kappa shape index (κ2) is 8.46. The number of aromatic nitrogens is 2. The van der Waals surface area contributed by atoms with Crippen molar-refractivity contribution < 1.29 is 14.3 Å². The minimum absolute atomic E-state index is 0.0988. The Kier molecular flexibility index (Phi) is 5.72. The van der Waals surface area contributed by atoms with Crippen molar-refractivity contribution in [2.45, 2.75) is 51.0 Å². The first-order valence-electron chi connectivity index (χ1n) is 10.6. The van der Waals surface area contributed by atoms with Gasteiger partial charge in [0, 0.05) is 23.6 Å². The Morgan fingerprint density at radius 3 is 2.68 bits per heavy atom. The summed E-state index contributed by atoms with van der Waals surface area (Å²) in [7, 11) is 1.36. The van der Waals surface area contributed by atoms with Crippen LogP contribution in [-0.2, 0) is 22.4 Å². The average molecular weight is 421 g/mol. The van der Waals surface area contributed by atoms with Crippen LogP contribution in [0.15, 0.2) is 53.3 Å². The number of hydrogen-bond donors (Lipinski definition) is 2. The van der Waals surface area contributed by atoms with Crippen LogP contribution in [0.1, 0.15) is 60.6 Å². The molecule has 0 saturated carbocycles. The molecule has 0 spiro atoms. The molecule has 2 N–H and O–H groups in total. The topological polar surface area (TPSA) is 84.2 Å². The first kappa shape index (κ1) is 21.0. The maximum absolute atomic E-state index is 12.8. The number of rotatable bonds is 6. The van der Waals surface area contributed by atoms with Gasteiger partial charge in [0.05, 0.1) is 13.5 Å². The van der Waals surface area contributed by atoms with Gasteiger partial charge in [-0.15, -0.1) is 0 Å². The van der Waals surface area contributed by atoms with Gasteiger partial charge >= 0.3 is 5.97 Å². The molecule has 1 atom stereocenters. The smallest absolute Gasteiger partial charge is 0.306 e. The highest BCUT2D eigenvalue weighted by atomic mass is 16.5. The quantitative estimate of drug-likeness (QED) is 0.588. The average Bonchev–Trinajstić information content (AvgIpc) is 3.11. The summed E-state index contributed by atoms with van der Waals surface area (Å²) in [6.07, 6.45) is 2.57. The minimum atomic E-state index is -0.389. The van der Waals surface area contributed by atoms with E-state index in [0.717, 1.165) is 35.4 Å². The van der Waals surface area contributed by atoms with Crippen LogP contribution in [0, 0.1) is 0 Å². The van der Waals surface area contributed by atoms with Crippen LogP contribution < -0.4 is 10.3 Å². The molecule has 0 saturated heterocycles. The molecule has 0 fully saturated rings. The van der Waals surface area contributed by atoms with Gasteiger partial charge in [-0.25, -0.2) is 0 Å². The molecule has 1 aliphatic heterocycles. The summed E-state index contributed by atoms with van der Waals surface area (Å²) in [5.41, 5.74) is 4.17. The highest BCUT2D eigenvalue weighted by Gasteiger charge is 2.28. The molecule has 1 unspecified atom stereocenters. The lowest BCUT2D eigenvalue weighted by atomic mass is 9.87. The summed E-state index contributed by atoms with van der Waals surface area (Å²) >= 11 is 0. The Balaban J connectivity index is 1.67. The van der Waals surface area contributed by atoms with E-state index in [9.17, 15) is 9.59 Å². The maximum atomic E-state index is 12.8. The SMILES string of the molecule is COC(=O)CC(c1ccccc1)c1c(Cc2ccc3c(c2)CCC(C)(C)O3)[nH][nH]c1=O. The van der Waals surface area contributed by atoms with Crippen LogP contribution in [0.5, 0.6) is 5.75 Å². The zero-order valence-electron chi connectivity index (χ0n) is 18.2. The third kappa shape index (κ3) is 4.58. The fourth-order valence-corrected chi connectivity index (χ4v) is 4.26. The van der Waals surface area contributed by atoms with Crippen molar-refractivity contribution in [3.8, 4) is 5.75 Å². The summed E-state index contributed by atoms with van der Waals surface area (Å²) in [5, 5.41) is 5.75. The number of ether oxygens (including phenoxy) is 2. The Labute approximate surface area is 181 Å². The number of hydrogen-bond acceptors (Lipinski definition) is 4. The molecule has 0 radical (unpaired) electrons. The third-order valence-corrected chi connectivity index (χ3v) is 5.93. The van der Waals surface area contributed by atoms with Crippen LogP contribution in [0.25, 0.3) is 0 Å². The summed E-state index contributed by atoms with van der Waals surface area (Å²) in [6.45, 7) is 4.21. The molecule has 0 bridgehead atoms. The van der Waals surface area contributed by atoms with E-state index in [-0.39, 0.29) is 29.5 Å². The van der Waals surface area contributed by atoms with Gasteiger partial charge in [-0.3, -0.25) is 14.7 Å². The van der Waals surface area contributed by atoms with Crippen LogP contribution in [0.2, 0.25) is 0 Å². The van der Waals surface area contributed by atoms with Crippen molar-refractivity contribution in [1.29, 1.82) is 0 Å². The van der Waals surface area contributed by atoms with Crippen molar-refractivity contribution in [2.24, 2.45) is 0 Å². The number of esters is 1. The Bertz CT molecular complexity index is 1130. The van der Waals surface area contributed by atoms with Crippen LogP contribution in [0.3, 0.4) is 0 Å². The second-order valence-electron chi connectivity index (χ2n) is 8.70. The number of benzene rings is 2. The highest BCUT2D eigenvalue weighted by molar-refractivity contribution is 5.71. The summed E-state index contributed by atoms with van der Waals surface area (Å²) < 4.78 is 11.0. The fourth-order valence-electron chi connectivity index (χ4n) is 4.26. The van der Waals surface area contributed by atoms with E-state index < -0.39 is 0 Å². The van der Waals surface area contributed by atoms with E-state index in [2.05, 4.69) is 30.1 Å². The van der Waals surface area contributed by atoms with Crippen molar-refractivity contribution in [3.63, 3.8) is 0 Å². The number of methoxy groups -OCH3 is 1. The first-order valence-corrected chi connectivity index (χ1v) is 10.6. The van der Waals surface area contributed by atoms with Gasteiger partial charge in [0.15, 0.2) is 0 Å². The lowest BCUT2D eigenvalue weighted by Crippen LogP contribution is -2.32. The predicted molar refractivity (Wildman–Crippen MR) is 119 cm³/mol. The van der Waals surface area contributed by atoms with E-state index in [4.69, 9.17) is 9.47 Å². The normalized spacial score (nSPS) is 15.6.